The van der Waals surface area contributed by atoms with Gasteiger partial charge in [0.1, 0.15) is 5.15 Å². The molecule has 16 heavy (non-hydrogen) atoms. The van der Waals surface area contributed by atoms with Crippen molar-refractivity contribution in [3.63, 3.8) is 0 Å². The molecule has 3 nitrogen and oxygen atoms in total. The van der Waals surface area contributed by atoms with Gasteiger partial charge in [0.05, 0.1) is 11.6 Å². The van der Waals surface area contributed by atoms with E-state index in [4.69, 9.17) is 17.3 Å². The Balaban J connectivity index is 3.28. The number of rotatable bonds is 4. The first-order valence-electron chi connectivity index (χ1n) is 5.10. The molecule has 0 bridgehead atoms. The molecule has 92 valence electrons. The molecule has 0 amide bonds. The molecule has 6 heteroatoms. The lowest BCUT2D eigenvalue weighted by Gasteiger charge is -2.15. The largest absolute Gasteiger partial charge is 0.330 e. The highest BCUT2D eigenvalue weighted by Crippen LogP contribution is 2.34. The van der Waals surface area contributed by atoms with E-state index in [1.54, 1.807) is 7.05 Å². The topological polar surface area (TPSA) is 43.8 Å². The van der Waals surface area contributed by atoms with Gasteiger partial charge in [-0.3, -0.25) is 4.68 Å². The number of nitrogens with zero attached hydrogens (tertiary/aromatic N) is 2. The van der Waals surface area contributed by atoms with E-state index in [0.29, 0.717) is 11.3 Å². The van der Waals surface area contributed by atoms with Crippen molar-refractivity contribution in [2.75, 3.05) is 6.54 Å². The average molecular weight is 252 g/mol. The summed E-state index contributed by atoms with van der Waals surface area (Å²) in [5, 5.41) is 4.41. The zero-order valence-electron chi connectivity index (χ0n) is 9.54. The molecule has 1 atom stereocenters. The van der Waals surface area contributed by atoms with E-state index < -0.39 is 12.3 Å². The fraction of sp³-hybridized carbons (Fsp3) is 0.700. The van der Waals surface area contributed by atoms with Gasteiger partial charge in [-0.25, -0.2) is 8.78 Å². The molecule has 2 N–H and O–H groups in total. The van der Waals surface area contributed by atoms with Gasteiger partial charge in [0.25, 0.3) is 0 Å². The summed E-state index contributed by atoms with van der Waals surface area (Å²) < 4.78 is 27.1. The summed E-state index contributed by atoms with van der Waals surface area (Å²) in [6, 6.07) is 0. The van der Waals surface area contributed by atoms with Crippen molar-refractivity contribution in [2.24, 2.45) is 12.8 Å². The number of hydrogen-bond acceptors (Lipinski definition) is 2. The zero-order valence-corrected chi connectivity index (χ0v) is 10.3. The van der Waals surface area contributed by atoms with Gasteiger partial charge in [0, 0.05) is 19.2 Å². The van der Waals surface area contributed by atoms with Crippen molar-refractivity contribution < 1.29 is 8.78 Å². The second-order valence-electron chi connectivity index (χ2n) is 4.04. The molecule has 0 aromatic carbocycles. The van der Waals surface area contributed by atoms with Crippen LogP contribution in [-0.2, 0) is 7.05 Å². The number of halogens is 3. The van der Waals surface area contributed by atoms with Crippen molar-refractivity contribution in [1.82, 2.24) is 9.78 Å². The summed E-state index contributed by atoms with van der Waals surface area (Å²) in [6.45, 7) is 3.64. The van der Waals surface area contributed by atoms with Crippen LogP contribution >= 0.6 is 11.6 Å². The predicted octanol–water partition coefficient (Wildman–Crippen LogP) is 2.50. The van der Waals surface area contributed by atoms with Crippen LogP contribution in [-0.4, -0.2) is 22.8 Å². The Kier molecular flexibility index (Phi) is 4.27. The maximum Gasteiger partial charge on any atom is 0.246 e. The number of nitrogens with two attached hydrogens (primary N) is 1. The van der Waals surface area contributed by atoms with Crippen LogP contribution in [0.25, 0.3) is 0 Å². The standard InChI is InChI=1S/C10H16ClF2N3/c1-5(2)8-7(6(4-14)10(12)13)9(11)16(3)15-8/h5-6,10H,4,14H2,1-3H3. The van der Waals surface area contributed by atoms with Crippen molar-refractivity contribution in [1.29, 1.82) is 0 Å². The van der Waals surface area contributed by atoms with Gasteiger partial charge in [-0.2, -0.15) is 5.10 Å². The van der Waals surface area contributed by atoms with Crippen molar-refractivity contribution in [3.8, 4) is 0 Å². The van der Waals surface area contributed by atoms with Crippen molar-refractivity contribution in [2.45, 2.75) is 32.1 Å². The first-order chi connectivity index (χ1) is 7.40. The van der Waals surface area contributed by atoms with Gasteiger partial charge in [0.15, 0.2) is 0 Å². The van der Waals surface area contributed by atoms with Gasteiger partial charge in [-0.05, 0) is 5.92 Å². The Bertz CT molecular complexity index is 363. The normalized spacial score (nSPS) is 13.8. The molecule has 1 heterocycles. The van der Waals surface area contributed by atoms with Gasteiger partial charge in [-0.15, -0.1) is 0 Å². The molecule has 1 unspecified atom stereocenters. The summed E-state index contributed by atoms with van der Waals surface area (Å²) in [5.41, 5.74) is 6.36. The molecule has 0 aliphatic carbocycles. The SMILES string of the molecule is CC(C)c1nn(C)c(Cl)c1C(CN)C(F)F. The molecule has 0 saturated carbocycles. The van der Waals surface area contributed by atoms with Crippen LogP contribution in [0.5, 0.6) is 0 Å². The number of hydrogen-bond donors (Lipinski definition) is 1. The van der Waals surface area contributed by atoms with Crippen LogP contribution in [0.15, 0.2) is 0 Å². The maximum absolute atomic E-state index is 12.8. The number of aryl methyl sites for hydroxylation is 1. The average Bonchev–Trinajstić information content (AvgIpc) is 2.47. The fourth-order valence-corrected chi connectivity index (χ4v) is 1.93. The smallest absolute Gasteiger partial charge is 0.246 e. The van der Waals surface area contributed by atoms with E-state index in [-0.39, 0.29) is 17.6 Å². The quantitative estimate of drug-likeness (QED) is 0.894. The highest BCUT2D eigenvalue weighted by molar-refractivity contribution is 6.30. The highest BCUT2D eigenvalue weighted by Gasteiger charge is 2.30. The molecule has 1 aromatic rings. The second-order valence-corrected chi connectivity index (χ2v) is 4.40. The number of alkyl halides is 2. The lowest BCUT2D eigenvalue weighted by molar-refractivity contribution is 0.116. The third-order valence-corrected chi connectivity index (χ3v) is 2.96. The molecular weight excluding hydrogens is 236 g/mol. The van der Waals surface area contributed by atoms with Crippen LogP contribution in [0.1, 0.15) is 36.9 Å². The molecule has 1 aromatic heterocycles. The highest BCUT2D eigenvalue weighted by atomic mass is 35.5. The van der Waals surface area contributed by atoms with Gasteiger partial charge in [0.2, 0.25) is 6.43 Å². The molecule has 0 aliphatic rings. The van der Waals surface area contributed by atoms with Gasteiger partial charge < -0.3 is 5.73 Å². The fourth-order valence-electron chi connectivity index (χ4n) is 1.66. The van der Waals surface area contributed by atoms with E-state index >= 15 is 0 Å². The van der Waals surface area contributed by atoms with Crippen LogP contribution in [0.3, 0.4) is 0 Å². The maximum atomic E-state index is 12.8. The first-order valence-corrected chi connectivity index (χ1v) is 5.48. The second kappa shape index (κ2) is 5.10. The van der Waals surface area contributed by atoms with Crippen LogP contribution in [0, 0.1) is 0 Å². The molecule has 1 rings (SSSR count). The first kappa shape index (κ1) is 13.4. The lowest BCUT2D eigenvalue weighted by Crippen LogP contribution is -2.21. The zero-order chi connectivity index (χ0) is 12.5. The summed E-state index contributed by atoms with van der Waals surface area (Å²) >= 11 is 5.99. The minimum absolute atomic E-state index is 0.0431. The Morgan fingerprint density at radius 3 is 2.38 bits per heavy atom. The van der Waals surface area contributed by atoms with Crippen LogP contribution in [0.4, 0.5) is 8.78 Å². The Morgan fingerprint density at radius 2 is 2.00 bits per heavy atom. The summed E-state index contributed by atoms with van der Waals surface area (Å²) in [4.78, 5) is 0. The summed E-state index contributed by atoms with van der Waals surface area (Å²) in [5.74, 6) is -1.000. The van der Waals surface area contributed by atoms with E-state index in [1.165, 1.54) is 4.68 Å². The van der Waals surface area contributed by atoms with Crippen LogP contribution < -0.4 is 5.73 Å². The minimum Gasteiger partial charge on any atom is -0.330 e. The third kappa shape index (κ3) is 2.35. The molecule has 0 spiro atoms. The van der Waals surface area contributed by atoms with Crippen LogP contribution in [0.2, 0.25) is 5.15 Å². The van der Waals surface area contributed by atoms with E-state index in [1.807, 2.05) is 13.8 Å². The molecular formula is C10H16ClF2N3. The van der Waals surface area contributed by atoms with E-state index in [2.05, 4.69) is 5.10 Å². The summed E-state index contributed by atoms with van der Waals surface area (Å²) in [7, 11) is 1.64. The summed E-state index contributed by atoms with van der Waals surface area (Å²) in [6.07, 6.45) is -2.52. The van der Waals surface area contributed by atoms with E-state index in [0.717, 1.165) is 0 Å². The lowest BCUT2D eigenvalue weighted by atomic mass is 9.95. The third-order valence-electron chi connectivity index (χ3n) is 2.52. The predicted molar refractivity (Wildman–Crippen MR) is 60.1 cm³/mol. The van der Waals surface area contributed by atoms with Gasteiger partial charge in [-0.1, -0.05) is 25.4 Å². The Morgan fingerprint density at radius 1 is 1.44 bits per heavy atom. The number of aromatic nitrogens is 2. The Hall–Kier alpha value is -0.680. The molecule has 0 fully saturated rings. The minimum atomic E-state index is -2.52. The van der Waals surface area contributed by atoms with Crippen molar-refractivity contribution in [3.05, 3.63) is 16.4 Å². The monoisotopic (exact) mass is 251 g/mol. The molecule has 0 saturated heterocycles. The van der Waals surface area contributed by atoms with Gasteiger partial charge >= 0.3 is 0 Å². The Labute approximate surface area is 98.6 Å². The molecule has 0 aliphatic heterocycles. The van der Waals surface area contributed by atoms with Crippen molar-refractivity contribution >= 4 is 11.6 Å². The molecule has 0 radical (unpaired) electrons. The van der Waals surface area contributed by atoms with E-state index in [9.17, 15) is 8.78 Å².